The predicted octanol–water partition coefficient (Wildman–Crippen LogP) is 2.99. The van der Waals surface area contributed by atoms with Crippen LogP contribution < -0.4 is 0 Å². The Kier molecular flexibility index (Phi) is 1.81. The van der Waals surface area contributed by atoms with Gasteiger partial charge < -0.3 is 0 Å². The summed E-state index contributed by atoms with van der Waals surface area (Å²) in [5.41, 5.74) is 0.912. The molecule has 0 fully saturated rings. The first-order chi connectivity index (χ1) is 4.20. The Morgan fingerprint density at radius 2 is 2.22 bits per heavy atom. The SMILES string of the molecule is Cc1csc(C(F)F)c1. The van der Waals surface area contributed by atoms with Gasteiger partial charge in [0.15, 0.2) is 0 Å². The standard InChI is InChI=1S/C6H6F2S/c1-4-2-5(6(7)8)9-3-4/h2-3,6H,1H3. The van der Waals surface area contributed by atoms with Crippen LogP contribution in [0, 0.1) is 6.92 Å². The highest BCUT2D eigenvalue weighted by Gasteiger charge is 2.07. The molecule has 0 bridgehead atoms. The summed E-state index contributed by atoms with van der Waals surface area (Å²) >= 11 is 1.11. The molecule has 0 aliphatic heterocycles. The Morgan fingerprint density at radius 3 is 2.44 bits per heavy atom. The molecule has 3 heteroatoms. The van der Waals surface area contributed by atoms with Gasteiger partial charge in [0.2, 0.25) is 0 Å². The molecule has 0 amide bonds. The number of rotatable bonds is 1. The summed E-state index contributed by atoms with van der Waals surface area (Å²) in [6, 6.07) is 1.51. The third kappa shape index (κ3) is 1.48. The van der Waals surface area contributed by atoms with E-state index in [9.17, 15) is 8.78 Å². The summed E-state index contributed by atoms with van der Waals surface area (Å²) in [6.07, 6.45) is -2.30. The minimum Gasteiger partial charge on any atom is -0.204 e. The van der Waals surface area contributed by atoms with Gasteiger partial charge in [0.1, 0.15) is 0 Å². The molecule has 0 N–H and O–H groups in total. The molecular weight excluding hydrogens is 142 g/mol. The summed E-state index contributed by atoms with van der Waals surface area (Å²) in [6.45, 7) is 1.81. The lowest BCUT2D eigenvalue weighted by Crippen LogP contribution is -1.73. The molecule has 1 aromatic rings. The number of alkyl halides is 2. The lowest BCUT2D eigenvalue weighted by atomic mass is 10.3. The lowest BCUT2D eigenvalue weighted by Gasteiger charge is -1.87. The highest BCUT2D eigenvalue weighted by atomic mass is 32.1. The second-order valence-electron chi connectivity index (χ2n) is 1.83. The minimum absolute atomic E-state index is 0.160. The molecule has 50 valence electrons. The monoisotopic (exact) mass is 148 g/mol. The number of aryl methyl sites for hydroxylation is 1. The third-order valence-electron chi connectivity index (χ3n) is 0.966. The van der Waals surface area contributed by atoms with Crippen molar-refractivity contribution in [2.75, 3.05) is 0 Å². The van der Waals surface area contributed by atoms with Crippen LogP contribution in [0.1, 0.15) is 16.9 Å². The van der Waals surface area contributed by atoms with Crippen LogP contribution in [0.2, 0.25) is 0 Å². The molecule has 0 nitrogen and oxygen atoms in total. The minimum atomic E-state index is -2.30. The van der Waals surface area contributed by atoms with Crippen molar-refractivity contribution in [3.05, 3.63) is 21.9 Å². The van der Waals surface area contributed by atoms with Crippen LogP contribution in [0.15, 0.2) is 11.4 Å². The van der Waals surface area contributed by atoms with Gasteiger partial charge in [0.25, 0.3) is 6.43 Å². The van der Waals surface area contributed by atoms with Crippen LogP contribution in [-0.2, 0) is 0 Å². The fourth-order valence-corrected chi connectivity index (χ4v) is 1.31. The fraction of sp³-hybridized carbons (Fsp3) is 0.333. The number of hydrogen-bond donors (Lipinski definition) is 0. The molecule has 0 aliphatic rings. The van der Waals surface area contributed by atoms with Gasteiger partial charge in [0.05, 0.1) is 4.88 Å². The molecule has 0 unspecified atom stereocenters. The van der Waals surface area contributed by atoms with Gasteiger partial charge in [-0.25, -0.2) is 8.78 Å². The van der Waals surface area contributed by atoms with Crippen molar-refractivity contribution in [3.63, 3.8) is 0 Å². The van der Waals surface area contributed by atoms with E-state index >= 15 is 0 Å². The summed E-state index contributed by atoms with van der Waals surface area (Å²) < 4.78 is 23.6. The van der Waals surface area contributed by atoms with Crippen molar-refractivity contribution in [2.24, 2.45) is 0 Å². The maximum Gasteiger partial charge on any atom is 0.272 e. The van der Waals surface area contributed by atoms with E-state index in [0.717, 1.165) is 16.9 Å². The summed E-state index contributed by atoms with van der Waals surface area (Å²) in [5.74, 6) is 0. The first kappa shape index (κ1) is 6.68. The van der Waals surface area contributed by atoms with Crippen molar-refractivity contribution in [2.45, 2.75) is 13.3 Å². The van der Waals surface area contributed by atoms with Crippen LogP contribution in [0.5, 0.6) is 0 Å². The van der Waals surface area contributed by atoms with Gasteiger partial charge in [-0.1, -0.05) is 0 Å². The highest BCUT2D eigenvalue weighted by molar-refractivity contribution is 7.10. The average molecular weight is 148 g/mol. The first-order valence-electron chi connectivity index (χ1n) is 2.53. The lowest BCUT2D eigenvalue weighted by molar-refractivity contribution is 0.155. The zero-order chi connectivity index (χ0) is 6.85. The van der Waals surface area contributed by atoms with E-state index < -0.39 is 6.43 Å². The van der Waals surface area contributed by atoms with Gasteiger partial charge >= 0.3 is 0 Å². The second kappa shape index (κ2) is 2.43. The Morgan fingerprint density at radius 1 is 1.56 bits per heavy atom. The Balaban J connectivity index is 2.85. The molecular formula is C6H6F2S. The molecule has 0 aromatic carbocycles. The number of thiophene rings is 1. The van der Waals surface area contributed by atoms with E-state index in [4.69, 9.17) is 0 Å². The zero-order valence-corrected chi connectivity index (χ0v) is 5.71. The quantitative estimate of drug-likeness (QED) is 0.574. The molecule has 0 aliphatic carbocycles. The largest absolute Gasteiger partial charge is 0.272 e. The van der Waals surface area contributed by atoms with E-state index in [1.165, 1.54) is 6.07 Å². The maximum atomic E-state index is 11.8. The van der Waals surface area contributed by atoms with E-state index in [2.05, 4.69) is 0 Å². The van der Waals surface area contributed by atoms with Gasteiger partial charge in [-0.3, -0.25) is 0 Å². The van der Waals surface area contributed by atoms with E-state index in [1.807, 2.05) is 6.92 Å². The van der Waals surface area contributed by atoms with Crippen LogP contribution in [0.3, 0.4) is 0 Å². The zero-order valence-electron chi connectivity index (χ0n) is 4.90. The molecule has 0 spiro atoms. The summed E-state index contributed by atoms with van der Waals surface area (Å²) in [5, 5.41) is 1.72. The third-order valence-corrected chi connectivity index (χ3v) is 2.02. The van der Waals surface area contributed by atoms with Crippen LogP contribution in [0.25, 0.3) is 0 Å². The molecule has 0 atom stereocenters. The average Bonchev–Trinajstić information content (AvgIpc) is 2.14. The van der Waals surface area contributed by atoms with Gasteiger partial charge in [-0.2, -0.15) is 0 Å². The predicted molar refractivity (Wildman–Crippen MR) is 34.0 cm³/mol. The molecule has 1 rings (SSSR count). The van der Waals surface area contributed by atoms with Crippen LogP contribution in [-0.4, -0.2) is 0 Å². The van der Waals surface area contributed by atoms with Gasteiger partial charge in [-0.05, 0) is 23.9 Å². The van der Waals surface area contributed by atoms with Crippen molar-refractivity contribution in [1.82, 2.24) is 0 Å². The molecule has 0 saturated carbocycles. The number of hydrogen-bond acceptors (Lipinski definition) is 1. The normalized spacial score (nSPS) is 10.7. The first-order valence-corrected chi connectivity index (χ1v) is 3.41. The van der Waals surface area contributed by atoms with Gasteiger partial charge in [-0.15, -0.1) is 11.3 Å². The molecule has 1 heterocycles. The maximum absolute atomic E-state index is 11.8. The topological polar surface area (TPSA) is 0 Å². The van der Waals surface area contributed by atoms with Crippen molar-refractivity contribution in [1.29, 1.82) is 0 Å². The van der Waals surface area contributed by atoms with Crippen LogP contribution >= 0.6 is 11.3 Å². The van der Waals surface area contributed by atoms with Crippen LogP contribution in [0.4, 0.5) is 8.78 Å². The van der Waals surface area contributed by atoms with E-state index in [1.54, 1.807) is 5.38 Å². The molecule has 0 saturated heterocycles. The highest BCUT2D eigenvalue weighted by Crippen LogP contribution is 2.25. The summed E-state index contributed by atoms with van der Waals surface area (Å²) in [4.78, 5) is 0.160. The van der Waals surface area contributed by atoms with E-state index in [-0.39, 0.29) is 4.88 Å². The smallest absolute Gasteiger partial charge is 0.204 e. The Bertz CT molecular complexity index is 193. The van der Waals surface area contributed by atoms with Crippen molar-refractivity contribution < 1.29 is 8.78 Å². The fourth-order valence-electron chi connectivity index (χ4n) is 0.568. The molecule has 1 aromatic heterocycles. The Hall–Kier alpha value is -0.440. The molecule has 9 heavy (non-hydrogen) atoms. The molecule has 0 radical (unpaired) electrons. The number of halogens is 2. The Labute approximate surface area is 56.1 Å². The van der Waals surface area contributed by atoms with E-state index in [0.29, 0.717) is 0 Å². The van der Waals surface area contributed by atoms with Crippen molar-refractivity contribution in [3.8, 4) is 0 Å². The van der Waals surface area contributed by atoms with Crippen molar-refractivity contribution >= 4 is 11.3 Å². The second-order valence-corrected chi connectivity index (χ2v) is 2.77. The summed E-state index contributed by atoms with van der Waals surface area (Å²) in [7, 11) is 0. The van der Waals surface area contributed by atoms with Gasteiger partial charge in [0, 0.05) is 0 Å².